The number of hydrogen-bond acceptors (Lipinski definition) is 4. The smallest absolute Gasteiger partial charge is 0.270 e. The molecule has 0 aromatic carbocycles. The molecule has 0 bridgehead atoms. The fraction of sp³-hybridized carbons (Fsp3) is 0.385. The monoisotopic (exact) mass is 279 g/mol. The van der Waals surface area contributed by atoms with Gasteiger partial charge in [0, 0.05) is 18.5 Å². The van der Waals surface area contributed by atoms with Crippen molar-refractivity contribution in [3.8, 4) is 0 Å². The van der Waals surface area contributed by atoms with Crippen molar-refractivity contribution < 1.29 is 9.90 Å². The summed E-state index contributed by atoms with van der Waals surface area (Å²) < 4.78 is 1.56. The third-order valence-corrected chi connectivity index (χ3v) is 3.83. The molecule has 1 amide bonds. The highest BCUT2D eigenvalue weighted by Gasteiger charge is 2.18. The highest BCUT2D eigenvalue weighted by Crippen LogP contribution is 2.22. The summed E-state index contributed by atoms with van der Waals surface area (Å²) in [7, 11) is 1.74. The minimum absolute atomic E-state index is 0.0350. The number of nitrogens with zero attached hydrogens (tertiary/aromatic N) is 2. The number of hydrogen-bond donors (Lipinski definition) is 2. The lowest BCUT2D eigenvalue weighted by molar-refractivity contribution is 0.0921. The van der Waals surface area contributed by atoms with Crippen LogP contribution in [0.1, 0.15) is 33.5 Å². The number of nitrogens with one attached hydrogen (secondary N) is 1. The molecule has 2 aromatic heterocycles. The fourth-order valence-electron chi connectivity index (χ4n) is 1.96. The Morgan fingerprint density at radius 2 is 2.42 bits per heavy atom. The van der Waals surface area contributed by atoms with Crippen molar-refractivity contribution in [2.45, 2.75) is 19.4 Å². The summed E-state index contributed by atoms with van der Waals surface area (Å²) in [6, 6.07) is 5.48. The van der Waals surface area contributed by atoms with Crippen LogP contribution in [0, 0.1) is 6.92 Å². The van der Waals surface area contributed by atoms with Gasteiger partial charge in [0.25, 0.3) is 5.91 Å². The Morgan fingerprint density at radius 1 is 1.63 bits per heavy atom. The molecule has 0 radical (unpaired) electrons. The van der Waals surface area contributed by atoms with Gasteiger partial charge >= 0.3 is 0 Å². The summed E-state index contributed by atoms with van der Waals surface area (Å²) in [4.78, 5) is 13.3. The molecular weight excluding hydrogens is 262 g/mol. The fourth-order valence-corrected chi connectivity index (χ4v) is 2.77. The van der Waals surface area contributed by atoms with Gasteiger partial charge in [-0.05, 0) is 30.9 Å². The Hall–Kier alpha value is -1.66. The molecule has 2 heterocycles. The standard InChI is InChI=1S/C13H17N3O2S/c1-9-8-11(16(2)15-9)13(18)14-10(5-6-17)12-4-3-7-19-12/h3-4,7-8,10,17H,5-6H2,1-2H3,(H,14,18)/t10-/m0/s1. The van der Waals surface area contributed by atoms with Gasteiger partial charge in [-0.25, -0.2) is 0 Å². The average molecular weight is 279 g/mol. The van der Waals surface area contributed by atoms with Crippen molar-refractivity contribution in [3.05, 3.63) is 39.8 Å². The molecule has 19 heavy (non-hydrogen) atoms. The first kappa shape index (κ1) is 13.8. The normalized spacial score (nSPS) is 12.4. The van der Waals surface area contributed by atoms with Crippen LogP contribution in [0.3, 0.4) is 0 Å². The Balaban J connectivity index is 2.13. The second-order valence-corrected chi connectivity index (χ2v) is 5.33. The number of amides is 1. The minimum atomic E-state index is -0.171. The predicted octanol–water partition coefficient (Wildman–Crippen LogP) is 1.64. The first-order valence-electron chi connectivity index (χ1n) is 6.07. The van der Waals surface area contributed by atoms with E-state index in [0.29, 0.717) is 12.1 Å². The second-order valence-electron chi connectivity index (χ2n) is 4.35. The van der Waals surface area contributed by atoms with Gasteiger partial charge in [-0.2, -0.15) is 5.10 Å². The van der Waals surface area contributed by atoms with Crippen LogP contribution in [0.5, 0.6) is 0 Å². The zero-order chi connectivity index (χ0) is 13.8. The number of aliphatic hydroxyl groups excluding tert-OH is 1. The second kappa shape index (κ2) is 5.99. The molecule has 1 atom stereocenters. The lowest BCUT2D eigenvalue weighted by Crippen LogP contribution is -2.30. The zero-order valence-electron chi connectivity index (χ0n) is 11.0. The van der Waals surface area contributed by atoms with Crippen molar-refractivity contribution in [1.82, 2.24) is 15.1 Å². The summed E-state index contributed by atoms with van der Waals surface area (Å²) in [5.41, 5.74) is 1.33. The van der Waals surface area contributed by atoms with Crippen LogP contribution in [0.4, 0.5) is 0 Å². The predicted molar refractivity (Wildman–Crippen MR) is 74.2 cm³/mol. The number of aryl methyl sites for hydroxylation is 2. The summed E-state index contributed by atoms with van der Waals surface area (Å²) in [6.45, 7) is 1.88. The molecule has 0 spiro atoms. The Morgan fingerprint density at radius 3 is 2.95 bits per heavy atom. The molecule has 0 aliphatic heterocycles. The van der Waals surface area contributed by atoms with Gasteiger partial charge in [0.2, 0.25) is 0 Å². The number of aliphatic hydroxyl groups is 1. The molecule has 6 heteroatoms. The van der Waals surface area contributed by atoms with E-state index in [1.165, 1.54) is 0 Å². The van der Waals surface area contributed by atoms with Crippen molar-refractivity contribution in [2.24, 2.45) is 7.05 Å². The minimum Gasteiger partial charge on any atom is -0.396 e. The van der Waals surface area contributed by atoms with Crippen LogP contribution in [0.25, 0.3) is 0 Å². The molecular formula is C13H17N3O2S. The largest absolute Gasteiger partial charge is 0.396 e. The maximum absolute atomic E-state index is 12.2. The Labute approximate surface area is 115 Å². The van der Waals surface area contributed by atoms with Crippen molar-refractivity contribution >= 4 is 17.2 Å². The van der Waals surface area contributed by atoms with Crippen LogP contribution in [-0.2, 0) is 7.05 Å². The number of thiophene rings is 1. The Bertz CT molecular complexity index is 548. The van der Waals surface area contributed by atoms with Crippen molar-refractivity contribution in [1.29, 1.82) is 0 Å². The van der Waals surface area contributed by atoms with Gasteiger partial charge < -0.3 is 10.4 Å². The molecule has 0 aliphatic rings. The quantitative estimate of drug-likeness (QED) is 0.874. The first-order valence-corrected chi connectivity index (χ1v) is 6.95. The van der Waals surface area contributed by atoms with Gasteiger partial charge in [0.15, 0.2) is 0 Å². The molecule has 0 fully saturated rings. The summed E-state index contributed by atoms with van der Waals surface area (Å²) in [6.07, 6.45) is 0.503. The van der Waals surface area contributed by atoms with E-state index in [1.807, 2.05) is 24.4 Å². The number of aromatic nitrogens is 2. The van der Waals surface area contributed by atoms with Gasteiger partial charge in [0.05, 0.1) is 11.7 Å². The van der Waals surface area contributed by atoms with E-state index in [4.69, 9.17) is 5.11 Å². The van der Waals surface area contributed by atoms with Gasteiger partial charge in [0.1, 0.15) is 5.69 Å². The van der Waals surface area contributed by atoms with E-state index in [-0.39, 0.29) is 18.6 Å². The van der Waals surface area contributed by atoms with Crippen LogP contribution < -0.4 is 5.32 Å². The van der Waals surface area contributed by atoms with E-state index < -0.39 is 0 Å². The summed E-state index contributed by atoms with van der Waals surface area (Å²) in [5, 5.41) is 18.2. The van der Waals surface area contributed by atoms with E-state index in [0.717, 1.165) is 10.6 Å². The van der Waals surface area contributed by atoms with E-state index in [1.54, 1.807) is 29.1 Å². The molecule has 2 aromatic rings. The molecule has 2 N–H and O–H groups in total. The maximum Gasteiger partial charge on any atom is 0.270 e. The first-order chi connectivity index (χ1) is 9.11. The Kier molecular flexibility index (Phi) is 4.34. The maximum atomic E-state index is 12.2. The van der Waals surface area contributed by atoms with Gasteiger partial charge in [-0.15, -0.1) is 11.3 Å². The van der Waals surface area contributed by atoms with Gasteiger partial charge in [-0.1, -0.05) is 6.07 Å². The highest BCUT2D eigenvalue weighted by molar-refractivity contribution is 7.10. The topological polar surface area (TPSA) is 67.2 Å². The third-order valence-electron chi connectivity index (χ3n) is 2.84. The molecule has 0 saturated heterocycles. The van der Waals surface area contributed by atoms with Crippen molar-refractivity contribution in [2.75, 3.05) is 6.61 Å². The molecule has 5 nitrogen and oxygen atoms in total. The summed E-state index contributed by atoms with van der Waals surface area (Å²) in [5.74, 6) is -0.171. The van der Waals surface area contributed by atoms with Crippen LogP contribution >= 0.6 is 11.3 Å². The van der Waals surface area contributed by atoms with Crippen molar-refractivity contribution in [3.63, 3.8) is 0 Å². The molecule has 102 valence electrons. The average Bonchev–Trinajstić information content (AvgIpc) is 2.98. The van der Waals surface area contributed by atoms with Crippen LogP contribution in [0.2, 0.25) is 0 Å². The van der Waals surface area contributed by atoms with Crippen LogP contribution in [-0.4, -0.2) is 27.4 Å². The number of carbonyl (C=O) groups excluding carboxylic acids is 1. The summed E-state index contributed by atoms with van der Waals surface area (Å²) >= 11 is 1.57. The highest BCUT2D eigenvalue weighted by atomic mass is 32.1. The van der Waals surface area contributed by atoms with Crippen LogP contribution in [0.15, 0.2) is 23.6 Å². The molecule has 0 aliphatic carbocycles. The van der Waals surface area contributed by atoms with E-state index in [9.17, 15) is 4.79 Å². The number of rotatable bonds is 5. The number of carbonyl (C=O) groups is 1. The molecule has 0 saturated carbocycles. The molecule has 0 unspecified atom stereocenters. The van der Waals surface area contributed by atoms with Gasteiger partial charge in [-0.3, -0.25) is 9.48 Å². The molecule has 2 rings (SSSR count). The zero-order valence-corrected chi connectivity index (χ0v) is 11.8. The lowest BCUT2D eigenvalue weighted by atomic mass is 10.1. The lowest BCUT2D eigenvalue weighted by Gasteiger charge is -2.16. The SMILES string of the molecule is Cc1cc(C(=O)N[C@@H](CCO)c2cccs2)n(C)n1. The van der Waals surface area contributed by atoms with E-state index in [2.05, 4.69) is 10.4 Å². The van der Waals surface area contributed by atoms with E-state index >= 15 is 0 Å². The third kappa shape index (κ3) is 3.21.